The van der Waals surface area contributed by atoms with Gasteiger partial charge in [0.15, 0.2) is 5.78 Å². The second-order valence-corrected chi connectivity index (χ2v) is 6.88. The Labute approximate surface area is 157 Å². The summed E-state index contributed by atoms with van der Waals surface area (Å²) in [6.45, 7) is 0. The normalized spacial score (nSPS) is 19.9. The van der Waals surface area contributed by atoms with Gasteiger partial charge in [0, 0.05) is 35.7 Å². The maximum Gasteiger partial charge on any atom is 0.232 e. The van der Waals surface area contributed by atoms with Gasteiger partial charge in [0.2, 0.25) is 5.91 Å². The molecule has 1 aliphatic carbocycles. The molecule has 0 spiro atoms. The predicted molar refractivity (Wildman–Crippen MR) is 100 cm³/mol. The maximum atomic E-state index is 13.3. The third-order valence-electron chi connectivity index (χ3n) is 5.26. The third kappa shape index (κ3) is 3.14. The van der Waals surface area contributed by atoms with Gasteiger partial charge in [0.25, 0.3) is 0 Å². The number of ether oxygens (including phenoxy) is 1. The number of Topliss-reactive ketones (excluding diaryl/α,β-unsaturated/α-hetero) is 1. The topological polar surface area (TPSA) is 46.6 Å². The Kier molecular flexibility index (Phi) is 4.52. The molecule has 0 radical (unpaired) electrons. The fourth-order valence-electron chi connectivity index (χ4n) is 4.03. The minimum atomic E-state index is -0.355. The summed E-state index contributed by atoms with van der Waals surface area (Å²) in [6, 6.07) is 13.4. The third-order valence-corrected chi connectivity index (χ3v) is 5.26. The van der Waals surface area contributed by atoms with Crippen molar-refractivity contribution in [1.82, 2.24) is 0 Å². The number of nitrogens with zero attached hydrogens (tertiary/aromatic N) is 1. The molecule has 4 rings (SSSR count). The number of methoxy groups -OCH3 is 1. The van der Waals surface area contributed by atoms with Gasteiger partial charge in [-0.1, -0.05) is 12.1 Å². The lowest BCUT2D eigenvalue weighted by Gasteiger charge is -2.38. The van der Waals surface area contributed by atoms with Crippen LogP contribution in [0, 0.1) is 5.82 Å². The van der Waals surface area contributed by atoms with Crippen LogP contribution in [0.1, 0.15) is 37.2 Å². The molecule has 1 heterocycles. The van der Waals surface area contributed by atoms with Gasteiger partial charge in [0.1, 0.15) is 11.6 Å². The van der Waals surface area contributed by atoms with Gasteiger partial charge in [-0.25, -0.2) is 4.39 Å². The molecule has 27 heavy (non-hydrogen) atoms. The van der Waals surface area contributed by atoms with E-state index in [9.17, 15) is 14.0 Å². The molecule has 0 N–H and O–H groups in total. The van der Waals surface area contributed by atoms with Crippen molar-refractivity contribution in [2.45, 2.75) is 31.6 Å². The minimum Gasteiger partial charge on any atom is -0.497 e. The molecule has 2 aliphatic rings. The standard InChI is InChI=1S/C22H20FNO3/c1-27-17-5-2-4-14(12-17)18-13-21(26)24(16-10-8-15(23)9-11-16)19-6-3-7-20(25)22(18)19/h2,4-5,8-12,18H,3,6-7,13H2,1H3. The van der Waals surface area contributed by atoms with Crippen molar-refractivity contribution in [1.29, 1.82) is 0 Å². The van der Waals surface area contributed by atoms with Crippen LogP contribution in [0.15, 0.2) is 59.8 Å². The van der Waals surface area contributed by atoms with Crippen molar-refractivity contribution in [3.05, 3.63) is 71.2 Å². The number of carbonyl (C=O) groups excluding carboxylic acids is 2. The van der Waals surface area contributed by atoms with Crippen LogP contribution in [0.2, 0.25) is 0 Å². The number of hydrogen-bond donors (Lipinski definition) is 0. The zero-order chi connectivity index (χ0) is 19.0. The second kappa shape index (κ2) is 6.99. The molecular formula is C22H20FNO3. The van der Waals surface area contributed by atoms with E-state index in [2.05, 4.69) is 0 Å². The van der Waals surface area contributed by atoms with E-state index in [-0.39, 0.29) is 29.8 Å². The zero-order valence-electron chi connectivity index (χ0n) is 15.1. The Balaban J connectivity index is 1.84. The number of amides is 1. The van der Waals surface area contributed by atoms with Crippen LogP contribution in [-0.4, -0.2) is 18.8 Å². The number of allylic oxidation sites excluding steroid dienone is 2. The number of ketones is 1. The summed E-state index contributed by atoms with van der Waals surface area (Å²) < 4.78 is 18.6. The molecule has 5 heteroatoms. The van der Waals surface area contributed by atoms with Gasteiger partial charge in [-0.2, -0.15) is 0 Å². The zero-order valence-corrected chi connectivity index (χ0v) is 15.1. The van der Waals surface area contributed by atoms with Crippen molar-refractivity contribution >= 4 is 17.4 Å². The van der Waals surface area contributed by atoms with Gasteiger partial charge in [-0.05, 0) is 54.8 Å². The van der Waals surface area contributed by atoms with Crippen molar-refractivity contribution in [3.8, 4) is 5.75 Å². The van der Waals surface area contributed by atoms with Crippen LogP contribution in [0.3, 0.4) is 0 Å². The fraction of sp³-hybridized carbons (Fsp3) is 0.273. The highest BCUT2D eigenvalue weighted by molar-refractivity contribution is 6.07. The molecule has 2 aromatic rings. The lowest BCUT2D eigenvalue weighted by Crippen LogP contribution is -2.40. The SMILES string of the molecule is COc1cccc(C2CC(=O)N(c3ccc(F)cc3)C3=C2C(=O)CCC3)c1. The molecule has 0 bridgehead atoms. The molecule has 138 valence electrons. The van der Waals surface area contributed by atoms with E-state index in [4.69, 9.17) is 4.74 Å². The summed E-state index contributed by atoms with van der Waals surface area (Å²) in [7, 11) is 1.60. The lowest BCUT2D eigenvalue weighted by molar-refractivity contribution is -0.119. The number of anilines is 1. The number of halogens is 1. The van der Waals surface area contributed by atoms with Crippen LogP contribution in [-0.2, 0) is 9.59 Å². The molecule has 1 unspecified atom stereocenters. The first-order chi connectivity index (χ1) is 13.1. The average Bonchev–Trinajstić information content (AvgIpc) is 2.68. The predicted octanol–water partition coefficient (Wildman–Crippen LogP) is 4.36. The highest BCUT2D eigenvalue weighted by Gasteiger charge is 2.39. The van der Waals surface area contributed by atoms with Gasteiger partial charge < -0.3 is 4.74 Å². The van der Waals surface area contributed by atoms with E-state index in [0.717, 1.165) is 11.3 Å². The molecule has 0 saturated carbocycles. The number of carbonyl (C=O) groups is 2. The van der Waals surface area contributed by atoms with Gasteiger partial charge in [0.05, 0.1) is 7.11 Å². The first kappa shape index (κ1) is 17.5. The van der Waals surface area contributed by atoms with Crippen molar-refractivity contribution in [2.75, 3.05) is 12.0 Å². The summed E-state index contributed by atoms with van der Waals surface area (Å²) in [4.78, 5) is 27.5. The van der Waals surface area contributed by atoms with E-state index in [1.807, 2.05) is 24.3 Å². The maximum absolute atomic E-state index is 13.3. The molecule has 4 nitrogen and oxygen atoms in total. The average molecular weight is 365 g/mol. The summed E-state index contributed by atoms with van der Waals surface area (Å²) in [5.74, 6) is 0.0800. The first-order valence-electron chi connectivity index (χ1n) is 9.07. The second-order valence-electron chi connectivity index (χ2n) is 6.88. The number of hydrogen-bond acceptors (Lipinski definition) is 3. The first-order valence-corrected chi connectivity index (χ1v) is 9.07. The smallest absolute Gasteiger partial charge is 0.232 e. The van der Waals surface area contributed by atoms with Crippen LogP contribution >= 0.6 is 0 Å². The number of rotatable bonds is 3. The van der Waals surface area contributed by atoms with Crippen molar-refractivity contribution in [3.63, 3.8) is 0 Å². The van der Waals surface area contributed by atoms with Gasteiger partial charge in [-0.3, -0.25) is 14.5 Å². The van der Waals surface area contributed by atoms with E-state index >= 15 is 0 Å². The molecule has 1 aliphatic heterocycles. The Hall–Kier alpha value is -2.95. The van der Waals surface area contributed by atoms with Gasteiger partial charge >= 0.3 is 0 Å². The Bertz CT molecular complexity index is 933. The summed E-state index contributed by atoms with van der Waals surface area (Å²) in [6.07, 6.45) is 2.07. The van der Waals surface area contributed by atoms with E-state index < -0.39 is 0 Å². The highest BCUT2D eigenvalue weighted by atomic mass is 19.1. The molecule has 1 amide bonds. The van der Waals surface area contributed by atoms with Gasteiger partial charge in [-0.15, -0.1) is 0 Å². The highest BCUT2D eigenvalue weighted by Crippen LogP contribution is 2.43. The van der Waals surface area contributed by atoms with E-state index in [0.29, 0.717) is 36.3 Å². The van der Waals surface area contributed by atoms with Crippen molar-refractivity contribution in [2.24, 2.45) is 0 Å². The quantitative estimate of drug-likeness (QED) is 0.812. The van der Waals surface area contributed by atoms with Crippen molar-refractivity contribution < 1.29 is 18.7 Å². The molecule has 1 atom stereocenters. The minimum absolute atomic E-state index is 0.0807. The summed E-state index contributed by atoms with van der Waals surface area (Å²) >= 11 is 0. The van der Waals surface area contributed by atoms with E-state index in [1.54, 1.807) is 24.1 Å². The summed E-state index contributed by atoms with van der Waals surface area (Å²) in [5, 5.41) is 0. The summed E-state index contributed by atoms with van der Waals surface area (Å²) in [5.41, 5.74) is 2.97. The van der Waals surface area contributed by atoms with Crippen LogP contribution in [0.4, 0.5) is 10.1 Å². The lowest BCUT2D eigenvalue weighted by atomic mass is 9.77. The van der Waals surface area contributed by atoms with Crippen LogP contribution < -0.4 is 9.64 Å². The Morgan fingerprint density at radius 3 is 2.59 bits per heavy atom. The molecule has 0 saturated heterocycles. The largest absolute Gasteiger partial charge is 0.497 e. The molecule has 0 fully saturated rings. The molecule has 0 aromatic heterocycles. The Morgan fingerprint density at radius 1 is 1.07 bits per heavy atom. The molecule has 2 aromatic carbocycles. The fourth-order valence-corrected chi connectivity index (χ4v) is 4.03. The number of benzene rings is 2. The monoisotopic (exact) mass is 365 g/mol. The Morgan fingerprint density at radius 2 is 1.85 bits per heavy atom. The van der Waals surface area contributed by atoms with Crippen LogP contribution in [0.25, 0.3) is 0 Å². The molecular weight excluding hydrogens is 345 g/mol. The van der Waals surface area contributed by atoms with E-state index in [1.165, 1.54) is 12.1 Å². The van der Waals surface area contributed by atoms with Crippen LogP contribution in [0.5, 0.6) is 5.75 Å².